The van der Waals surface area contributed by atoms with Gasteiger partial charge in [-0.05, 0) is 36.4 Å². The summed E-state index contributed by atoms with van der Waals surface area (Å²) in [6.07, 6.45) is -4.48. The topological polar surface area (TPSA) is 68.0 Å². The van der Waals surface area contributed by atoms with Crippen molar-refractivity contribution in [3.05, 3.63) is 64.1 Å². The second-order valence-electron chi connectivity index (χ2n) is 4.96. The third kappa shape index (κ3) is 4.05. The van der Waals surface area contributed by atoms with Gasteiger partial charge in [-0.2, -0.15) is 13.2 Å². The molecule has 128 valence electrons. The summed E-state index contributed by atoms with van der Waals surface area (Å²) in [5.41, 5.74) is -0.374. The number of nitrogens with zero attached hydrogens (tertiary/aromatic N) is 2. The number of carbonyl (C=O) groups excluding carboxylic acids is 1. The summed E-state index contributed by atoms with van der Waals surface area (Å²) in [4.78, 5) is 12.1. The van der Waals surface area contributed by atoms with Gasteiger partial charge in [-0.15, -0.1) is 5.10 Å². The van der Waals surface area contributed by atoms with Crippen LogP contribution in [0.25, 0.3) is 11.5 Å². The molecule has 2 aromatic carbocycles. The first kappa shape index (κ1) is 17.2. The van der Waals surface area contributed by atoms with E-state index in [1.54, 1.807) is 24.3 Å². The van der Waals surface area contributed by atoms with Crippen LogP contribution in [0.4, 0.5) is 19.2 Å². The van der Waals surface area contributed by atoms with E-state index in [2.05, 4.69) is 31.4 Å². The van der Waals surface area contributed by atoms with Crippen molar-refractivity contribution in [3.8, 4) is 11.5 Å². The number of halogens is 4. The highest BCUT2D eigenvalue weighted by atomic mass is 79.9. The molecule has 0 aliphatic rings. The highest BCUT2D eigenvalue weighted by Crippen LogP contribution is 2.32. The number of nitrogens with one attached hydrogen (secondary N) is 1. The van der Waals surface area contributed by atoms with Gasteiger partial charge in [0.1, 0.15) is 0 Å². The van der Waals surface area contributed by atoms with Crippen LogP contribution in [-0.2, 0) is 6.18 Å². The van der Waals surface area contributed by atoms with E-state index >= 15 is 0 Å². The maximum Gasteiger partial charge on any atom is 0.416 e. The lowest BCUT2D eigenvalue weighted by atomic mass is 10.1. The number of rotatable bonds is 3. The highest BCUT2D eigenvalue weighted by molar-refractivity contribution is 9.10. The zero-order valence-electron chi connectivity index (χ0n) is 12.3. The SMILES string of the molecule is O=C(Nc1nnc(-c2cccc(C(F)(F)F)c2)o1)c1cccc(Br)c1. The number of anilines is 1. The smallest absolute Gasteiger partial charge is 0.403 e. The van der Waals surface area contributed by atoms with Gasteiger partial charge in [-0.1, -0.05) is 33.2 Å². The number of hydrogen-bond donors (Lipinski definition) is 1. The molecule has 0 aliphatic heterocycles. The van der Waals surface area contributed by atoms with Crippen molar-refractivity contribution in [3.63, 3.8) is 0 Å². The largest absolute Gasteiger partial charge is 0.416 e. The Morgan fingerprint density at radius 2 is 1.84 bits per heavy atom. The molecule has 0 radical (unpaired) electrons. The molecule has 0 atom stereocenters. The molecule has 3 aromatic rings. The maximum absolute atomic E-state index is 12.8. The number of aromatic nitrogens is 2. The van der Waals surface area contributed by atoms with Crippen molar-refractivity contribution < 1.29 is 22.4 Å². The average Bonchev–Trinajstić information content (AvgIpc) is 3.03. The molecule has 1 heterocycles. The molecule has 0 saturated carbocycles. The minimum absolute atomic E-state index is 0.102. The lowest BCUT2D eigenvalue weighted by molar-refractivity contribution is -0.137. The van der Waals surface area contributed by atoms with Crippen LogP contribution >= 0.6 is 15.9 Å². The molecule has 0 saturated heterocycles. The zero-order valence-corrected chi connectivity index (χ0v) is 13.9. The summed E-state index contributed by atoms with van der Waals surface area (Å²) < 4.78 is 44.2. The first-order valence-electron chi connectivity index (χ1n) is 6.91. The fourth-order valence-electron chi connectivity index (χ4n) is 2.02. The van der Waals surface area contributed by atoms with Gasteiger partial charge in [0.05, 0.1) is 5.56 Å². The van der Waals surface area contributed by atoms with Crippen LogP contribution in [0, 0.1) is 0 Å². The van der Waals surface area contributed by atoms with Crippen LogP contribution in [0.1, 0.15) is 15.9 Å². The standard InChI is InChI=1S/C16H9BrF3N3O2/c17-12-6-2-3-9(8-12)13(24)21-15-23-22-14(25-15)10-4-1-5-11(7-10)16(18,19)20/h1-8H,(H,21,23,24). The molecule has 1 N–H and O–H groups in total. The normalized spacial score (nSPS) is 11.4. The number of hydrogen-bond acceptors (Lipinski definition) is 4. The highest BCUT2D eigenvalue weighted by Gasteiger charge is 2.30. The molecule has 3 rings (SSSR count). The summed E-state index contributed by atoms with van der Waals surface area (Å²) in [6.45, 7) is 0. The van der Waals surface area contributed by atoms with Crippen molar-refractivity contribution in [1.82, 2.24) is 10.2 Å². The van der Waals surface area contributed by atoms with Crippen molar-refractivity contribution in [2.75, 3.05) is 5.32 Å². The van der Waals surface area contributed by atoms with E-state index in [1.807, 2.05) is 0 Å². The Labute approximate surface area is 148 Å². The zero-order chi connectivity index (χ0) is 18.0. The Kier molecular flexibility index (Phi) is 4.58. The van der Waals surface area contributed by atoms with Gasteiger partial charge in [-0.3, -0.25) is 10.1 Å². The summed E-state index contributed by atoms with van der Waals surface area (Å²) in [7, 11) is 0. The summed E-state index contributed by atoms with van der Waals surface area (Å²) in [5.74, 6) is -0.615. The van der Waals surface area contributed by atoms with Gasteiger partial charge >= 0.3 is 12.2 Å². The molecule has 0 spiro atoms. The molecule has 0 bridgehead atoms. The molecular formula is C16H9BrF3N3O2. The minimum atomic E-state index is -4.48. The van der Waals surface area contributed by atoms with Gasteiger partial charge in [0.15, 0.2) is 0 Å². The maximum atomic E-state index is 12.8. The van der Waals surface area contributed by atoms with Crippen LogP contribution in [0.5, 0.6) is 0 Å². The van der Waals surface area contributed by atoms with Crippen molar-refractivity contribution in [2.24, 2.45) is 0 Å². The number of alkyl halides is 3. The summed E-state index contributed by atoms with van der Waals surface area (Å²) >= 11 is 3.25. The lowest BCUT2D eigenvalue weighted by Crippen LogP contribution is -2.11. The molecule has 9 heteroatoms. The third-order valence-electron chi connectivity index (χ3n) is 3.17. The van der Waals surface area contributed by atoms with Crippen LogP contribution < -0.4 is 5.32 Å². The molecule has 0 fully saturated rings. The molecule has 1 amide bonds. The van der Waals surface area contributed by atoms with Crippen LogP contribution in [0.2, 0.25) is 0 Å². The Bertz CT molecular complexity index is 925. The Morgan fingerprint density at radius 3 is 2.56 bits per heavy atom. The molecule has 1 aromatic heterocycles. The average molecular weight is 412 g/mol. The Morgan fingerprint density at radius 1 is 1.08 bits per heavy atom. The second kappa shape index (κ2) is 6.67. The molecule has 0 unspecified atom stereocenters. The van der Waals surface area contributed by atoms with Crippen LogP contribution in [-0.4, -0.2) is 16.1 Å². The van der Waals surface area contributed by atoms with E-state index in [4.69, 9.17) is 4.42 Å². The van der Waals surface area contributed by atoms with E-state index in [0.29, 0.717) is 5.56 Å². The third-order valence-corrected chi connectivity index (χ3v) is 3.66. The number of benzene rings is 2. The fraction of sp³-hybridized carbons (Fsp3) is 0.0625. The molecular weight excluding hydrogens is 403 g/mol. The molecule has 25 heavy (non-hydrogen) atoms. The van der Waals surface area contributed by atoms with Crippen molar-refractivity contribution in [2.45, 2.75) is 6.18 Å². The van der Waals surface area contributed by atoms with E-state index in [0.717, 1.165) is 16.6 Å². The van der Waals surface area contributed by atoms with E-state index in [9.17, 15) is 18.0 Å². The quantitative estimate of drug-likeness (QED) is 0.673. The van der Waals surface area contributed by atoms with E-state index in [-0.39, 0.29) is 17.5 Å². The minimum Gasteiger partial charge on any atom is -0.403 e. The monoisotopic (exact) mass is 411 g/mol. The van der Waals surface area contributed by atoms with Gasteiger partial charge in [0.2, 0.25) is 5.89 Å². The predicted octanol–water partition coefficient (Wildman–Crippen LogP) is 4.77. The lowest BCUT2D eigenvalue weighted by Gasteiger charge is -2.06. The number of carbonyl (C=O) groups is 1. The van der Waals surface area contributed by atoms with Gasteiger partial charge in [0.25, 0.3) is 5.91 Å². The Balaban J connectivity index is 1.80. The molecule has 0 aliphatic carbocycles. The van der Waals surface area contributed by atoms with Gasteiger partial charge in [-0.25, -0.2) is 0 Å². The fourth-order valence-corrected chi connectivity index (χ4v) is 2.42. The van der Waals surface area contributed by atoms with Crippen LogP contribution in [0.3, 0.4) is 0 Å². The van der Waals surface area contributed by atoms with Gasteiger partial charge < -0.3 is 4.42 Å². The van der Waals surface area contributed by atoms with Crippen molar-refractivity contribution >= 4 is 27.9 Å². The summed E-state index contributed by atoms with van der Waals surface area (Å²) in [6, 6.07) is 10.9. The second-order valence-corrected chi connectivity index (χ2v) is 5.87. The van der Waals surface area contributed by atoms with Gasteiger partial charge in [0, 0.05) is 15.6 Å². The Hall–Kier alpha value is -2.68. The van der Waals surface area contributed by atoms with Crippen LogP contribution in [0.15, 0.2) is 57.4 Å². The molecule has 5 nitrogen and oxygen atoms in total. The van der Waals surface area contributed by atoms with E-state index < -0.39 is 17.6 Å². The first-order chi connectivity index (χ1) is 11.8. The predicted molar refractivity (Wildman–Crippen MR) is 86.8 cm³/mol. The summed E-state index contributed by atoms with van der Waals surface area (Å²) in [5, 5.41) is 9.69. The van der Waals surface area contributed by atoms with E-state index in [1.165, 1.54) is 12.1 Å². The first-order valence-corrected chi connectivity index (χ1v) is 7.70. The van der Waals surface area contributed by atoms with Crippen molar-refractivity contribution in [1.29, 1.82) is 0 Å². The number of amides is 1.